The van der Waals surface area contributed by atoms with E-state index in [9.17, 15) is 4.79 Å². The average molecular weight is 264 g/mol. The molecule has 1 fully saturated rings. The topological polar surface area (TPSA) is 63.4 Å². The third-order valence-corrected chi connectivity index (χ3v) is 2.69. The summed E-state index contributed by atoms with van der Waals surface area (Å²) in [5.74, 6) is 0.183. The van der Waals surface area contributed by atoms with Gasteiger partial charge >= 0.3 is 0 Å². The summed E-state index contributed by atoms with van der Waals surface area (Å²) in [5.41, 5.74) is 6.18. The van der Waals surface area contributed by atoms with E-state index in [1.165, 1.54) is 5.56 Å². The number of carbonyl (C=O) groups is 2. The van der Waals surface area contributed by atoms with Crippen LogP contribution in [-0.4, -0.2) is 30.3 Å². The van der Waals surface area contributed by atoms with Crippen molar-refractivity contribution >= 4 is 12.3 Å². The van der Waals surface area contributed by atoms with Crippen LogP contribution in [-0.2, 0) is 4.79 Å². The molecule has 1 aromatic carbocycles. The van der Waals surface area contributed by atoms with Crippen molar-refractivity contribution in [2.75, 3.05) is 13.1 Å². The number of nitrogens with zero attached hydrogens (tertiary/aromatic N) is 1. The lowest BCUT2D eigenvalue weighted by atomic mass is 10.1. The summed E-state index contributed by atoms with van der Waals surface area (Å²) in [6.45, 7) is 7.88. The highest BCUT2D eigenvalue weighted by Crippen LogP contribution is 2.13. The van der Waals surface area contributed by atoms with Gasteiger partial charge in [0.25, 0.3) is 5.91 Å². The minimum absolute atomic E-state index is 0.183. The Morgan fingerprint density at radius 3 is 2.00 bits per heavy atom. The van der Waals surface area contributed by atoms with E-state index in [0.29, 0.717) is 0 Å². The summed E-state index contributed by atoms with van der Waals surface area (Å²) in [4.78, 5) is 22.4. The molecule has 1 aromatic rings. The monoisotopic (exact) mass is 264 g/mol. The lowest BCUT2D eigenvalue weighted by molar-refractivity contribution is -0.106. The Morgan fingerprint density at radius 2 is 1.58 bits per heavy atom. The van der Waals surface area contributed by atoms with Gasteiger partial charge in [-0.3, -0.25) is 9.59 Å². The van der Waals surface area contributed by atoms with Gasteiger partial charge < -0.3 is 10.6 Å². The smallest absolute Gasteiger partial charge is 0.253 e. The lowest BCUT2D eigenvalue weighted by Gasteiger charge is -2.14. The molecule has 106 valence electrons. The fourth-order valence-corrected chi connectivity index (χ4v) is 1.80. The van der Waals surface area contributed by atoms with E-state index in [1.807, 2.05) is 49.9 Å². The summed E-state index contributed by atoms with van der Waals surface area (Å²) in [7, 11) is 0. The predicted octanol–water partition coefficient (Wildman–Crippen LogP) is 2.36. The molecule has 0 spiro atoms. The number of aryl methyl sites for hydroxylation is 1. The first-order chi connectivity index (χ1) is 9.19. The third kappa shape index (κ3) is 6.04. The average Bonchev–Trinajstić information content (AvgIpc) is 2.96. The van der Waals surface area contributed by atoms with E-state index < -0.39 is 0 Å². The van der Waals surface area contributed by atoms with Crippen molar-refractivity contribution in [1.82, 2.24) is 4.90 Å². The number of primary amides is 1. The van der Waals surface area contributed by atoms with E-state index in [0.717, 1.165) is 31.5 Å². The normalized spacial score (nSPS) is 12.7. The molecule has 0 aromatic heterocycles. The Kier molecular flexibility index (Phi) is 9.14. The molecule has 4 nitrogen and oxygen atoms in total. The SMILES string of the molecule is CC.Cc1ccc(C(=O)N2CCCC2)cc1.NC=O. The summed E-state index contributed by atoms with van der Waals surface area (Å²) in [6.07, 6.45) is 2.55. The minimum atomic E-state index is 0.183. The van der Waals surface area contributed by atoms with Crippen molar-refractivity contribution < 1.29 is 9.59 Å². The van der Waals surface area contributed by atoms with Crippen molar-refractivity contribution in [1.29, 1.82) is 0 Å². The molecule has 2 rings (SSSR count). The number of rotatable bonds is 1. The molecule has 0 unspecified atom stereocenters. The maximum absolute atomic E-state index is 11.9. The van der Waals surface area contributed by atoms with Crippen LogP contribution in [0.3, 0.4) is 0 Å². The number of likely N-dealkylation sites (tertiary alicyclic amines) is 1. The summed E-state index contributed by atoms with van der Waals surface area (Å²) in [6, 6.07) is 7.80. The van der Waals surface area contributed by atoms with Gasteiger partial charge in [0.05, 0.1) is 0 Å². The Balaban J connectivity index is 0.000000573. The first-order valence-corrected chi connectivity index (χ1v) is 6.70. The van der Waals surface area contributed by atoms with Crippen LogP contribution in [0.1, 0.15) is 42.6 Å². The Hall–Kier alpha value is -1.84. The molecule has 0 bridgehead atoms. The largest absolute Gasteiger partial charge is 0.372 e. The predicted molar refractivity (Wildman–Crippen MR) is 77.9 cm³/mol. The highest BCUT2D eigenvalue weighted by molar-refractivity contribution is 5.94. The summed E-state index contributed by atoms with van der Waals surface area (Å²) >= 11 is 0. The standard InChI is InChI=1S/C12H15NO.C2H6.CH3NO/c1-10-4-6-11(7-5-10)12(14)13-8-2-3-9-13;1-2;2-1-3/h4-7H,2-3,8-9H2,1H3;1-2H3;1H,(H2,2,3). The first kappa shape index (κ1) is 17.2. The maximum atomic E-state index is 11.9. The zero-order valence-electron chi connectivity index (χ0n) is 12.1. The second-order valence-electron chi connectivity index (χ2n) is 4.00. The van der Waals surface area contributed by atoms with Crippen LogP contribution in [0, 0.1) is 6.92 Å². The molecule has 2 amide bonds. The molecule has 0 atom stereocenters. The molecule has 0 saturated carbocycles. The van der Waals surface area contributed by atoms with E-state index in [1.54, 1.807) is 0 Å². The van der Waals surface area contributed by atoms with Crippen molar-refractivity contribution in [2.24, 2.45) is 5.73 Å². The third-order valence-electron chi connectivity index (χ3n) is 2.69. The molecular formula is C15H24N2O2. The van der Waals surface area contributed by atoms with Gasteiger partial charge in [-0.1, -0.05) is 31.5 Å². The fourth-order valence-electron chi connectivity index (χ4n) is 1.80. The zero-order valence-corrected chi connectivity index (χ0v) is 12.1. The van der Waals surface area contributed by atoms with Gasteiger partial charge in [-0.2, -0.15) is 0 Å². The van der Waals surface area contributed by atoms with Gasteiger partial charge in [0.15, 0.2) is 0 Å². The number of benzene rings is 1. The van der Waals surface area contributed by atoms with Crippen LogP contribution in [0.15, 0.2) is 24.3 Å². The quantitative estimate of drug-likeness (QED) is 0.791. The van der Waals surface area contributed by atoms with Crippen LogP contribution in [0.5, 0.6) is 0 Å². The number of amides is 2. The van der Waals surface area contributed by atoms with Crippen LogP contribution >= 0.6 is 0 Å². The highest BCUT2D eigenvalue weighted by atomic mass is 16.2. The molecule has 1 aliphatic heterocycles. The molecule has 0 radical (unpaired) electrons. The molecule has 4 heteroatoms. The highest BCUT2D eigenvalue weighted by Gasteiger charge is 2.18. The molecule has 1 heterocycles. The van der Waals surface area contributed by atoms with Crippen LogP contribution < -0.4 is 5.73 Å². The zero-order chi connectivity index (χ0) is 14.7. The molecule has 1 saturated heterocycles. The number of carbonyl (C=O) groups excluding carboxylic acids is 2. The summed E-state index contributed by atoms with van der Waals surface area (Å²) < 4.78 is 0. The van der Waals surface area contributed by atoms with Crippen LogP contribution in [0.25, 0.3) is 0 Å². The van der Waals surface area contributed by atoms with Gasteiger partial charge in [-0.05, 0) is 31.9 Å². The second-order valence-corrected chi connectivity index (χ2v) is 4.00. The molecule has 19 heavy (non-hydrogen) atoms. The van der Waals surface area contributed by atoms with Crippen molar-refractivity contribution in [3.63, 3.8) is 0 Å². The van der Waals surface area contributed by atoms with Gasteiger partial charge in [-0.15, -0.1) is 0 Å². The maximum Gasteiger partial charge on any atom is 0.253 e. The molecular weight excluding hydrogens is 240 g/mol. The van der Waals surface area contributed by atoms with E-state index in [4.69, 9.17) is 4.79 Å². The lowest BCUT2D eigenvalue weighted by Crippen LogP contribution is -2.27. The first-order valence-electron chi connectivity index (χ1n) is 6.70. The Bertz CT molecular complexity index is 368. The molecule has 1 aliphatic rings. The van der Waals surface area contributed by atoms with Crippen LogP contribution in [0.2, 0.25) is 0 Å². The van der Waals surface area contributed by atoms with Crippen molar-refractivity contribution in [2.45, 2.75) is 33.6 Å². The van der Waals surface area contributed by atoms with Crippen LogP contribution in [0.4, 0.5) is 0 Å². The van der Waals surface area contributed by atoms with Crippen molar-refractivity contribution in [3.8, 4) is 0 Å². The van der Waals surface area contributed by atoms with Crippen molar-refractivity contribution in [3.05, 3.63) is 35.4 Å². The van der Waals surface area contributed by atoms with Gasteiger partial charge in [-0.25, -0.2) is 0 Å². The van der Waals surface area contributed by atoms with E-state index in [-0.39, 0.29) is 12.3 Å². The summed E-state index contributed by atoms with van der Waals surface area (Å²) in [5, 5.41) is 0. The Morgan fingerprint density at radius 1 is 1.16 bits per heavy atom. The van der Waals surface area contributed by atoms with E-state index in [2.05, 4.69) is 5.73 Å². The van der Waals surface area contributed by atoms with Gasteiger partial charge in [0, 0.05) is 18.7 Å². The molecule has 2 N–H and O–H groups in total. The number of hydrogen-bond acceptors (Lipinski definition) is 2. The fraction of sp³-hybridized carbons (Fsp3) is 0.467. The van der Waals surface area contributed by atoms with Gasteiger partial charge in [0.2, 0.25) is 6.41 Å². The second kappa shape index (κ2) is 10.1. The van der Waals surface area contributed by atoms with Gasteiger partial charge in [0.1, 0.15) is 0 Å². The van der Waals surface area contributed by atoms with E-state index >= 15 is 0 Å². The molecule has 0 aliphatic carbocycles. The minimum Gasteiger partial charge on any atom is -0.372 e. The number of hydrogen-bond donors (Lipinski definition) is 1. The Labute approximate surface area is 115 Å². The number of nitrogens with two attached hydrogens (primary N) is 1.